The Morgan fingerprint density at radius 2 is 2.28 bits per heavy atom. The van der Waals surface area contributed by atoms with E-state index in [1.54, 1.807) is 18.2 Å². The highest BCUT2D eigenvalue weighted by molar-refractivity contribution is 5.96. The van der Waals surface area contributed by atoms with E-state index in [-0.39, 0.29) is 12.0 Å². The van der Waals surface area contributed by atoms with Crippen molar-refractivity contribution in [1.29, 1.82) is 0 Å². The Balaban J connectivity index is 1.94. The third-order valence-electron chi connectivity index (χ3n) is 3.69. The molecule has 98 valence electrons. The van der Waals surface area contributed by atoms with E-state index < -0.39 is 0 Å². The summed E-state index contributed by atoms with van der Waals surface area (Å²) in [7, 11) is 0. The van der Waals surface area contributed by atoms with E-state index in [0.717, 1.165) is 24.8 Å². The maximum absolute atomic E-state index is 12.0. The van der Waals surface area contributed by atoms with E-state index >= 15 is 0 Å². The molecule has 1 aliphatic carbocycles. The minimum absolute atomic E-state index is 0.0822. The molecule has 4 heteroatoms. The van der Waals surface area contributed by atoms with Crippen molar-refractivity contribution in [2.75, 3.05) is 12.3 Å². The first kappa shape index (κ1) is 12.9. The van der Waals surface area contributed by atoms with Crippen LogP contribution < -0.4 is 11.1 Å². The van der Waals surface area contributed by atoms with Crippen molar-refractivity contribution in [1.82, 2.24) is 5.32 Å². The van der Waals surface area contributed by atoms with Crippen LogP contribution in [0, 0.1) is 12.8 Å². The van der Waals surface area contributed by atoms with Crippen LogP contribution in [0.1, 0.15) is 35.2 Å². The topological polar surface area (TPSA) is 75.4 Å². The summed E-state index contributed by atoms with van der Waals surface area (Å²) in [6, 6.07) is 5.36. The van der Waals surface area contributed by atoms with Gasteiger partial charge in [0, 0.05) is 17.8 Å². The number of hydrogen-bond donors (Lipinski definition) is 3. The van der Waals surface area contributed by atoms with Crippen molar-refractivity contribution in [3.8, 4) is 0 Å². The lowest BCUT2D eigenvalue weighted by atomic mass is 10.1. The first-order chi connectivity index (χ1) is 8.58. The number of nitrogen functional groups attached to an aromatic ring is 1. The van der Waals surface area contributed by atoms with E-state index in [9.17, 15) is 9.90 Å². The van der Waals surface area contributed by atoms with Gasteiger partial charge < -0.3 is 16.2 Å². The van der Waals surface area contributed by atoms with E-state index in [1.165, 1.54) is 0 Å². The SMILES string of the molecule is Cc1c(N)cccc1C(=O)NCC1CCC(O)C1. The molecule has 1 fully saturated rings. The van der Waals surface area contributed by atoms with Gasteiger partial charge in [0.05, 0.1) is 6.10 Å². The summed E-state index contributed by atoms with van der Waals surface area (Å²) in [6.45, 7) is 2.48. The van der Waals surface area contributed by atoms with Crippen LogP contribution in [0.25, 0.3) is 0 Å². The molecule has 0 radical (unpaired) electrons. The Morgan fingerprint density at radius 3 is 2.94 bits per heavy atom. The van der Waals surface area contributed by atoms with E-state index in [0.29, 0.717) is 23.7 Å². The number of nitrogens with one attached hydrogen (secondary N) is 1. The average Bonchev–Trinajstić information content (AvgIpc) is 2.76. The molecule has 2 rings (SSSR count). The molecular weight excluding hydrogens is 228 g/mol. The first-order valence-corrected chi connectivity index (χ1v) is 6.39. The van der Waals surface area contributed by atoms with Crippen molar-refractivity contribution < 1.29 is 9.90 Å². The molecule has 18 heavy (non-hydrogen) atoms. The molecule has 4 nitrogen and oxygen atoms in total. The van der Waals surface area contributed by atoms with Crippen LogP contribution in [-0.2, 0) is 0 Å². The van der Waals surface area contributed by atoms with Crippen LogP contribution >= 0.6 is 0 Å². The monoisotopic (exact) mass is 248 g/mol. The number of nitrogens with two attached hydrogens (primary N) is 1. The Morgan fingerprint density at radius 1 is 1.50 bits per heavy atom. The summed E-state index contributed by atoms with van der Waals surface area (Å²) in [5.41, 5.74) is 7.87. The summed E-state index contributed by atoms with van der Waals surface area (Å²) in [6.07, 6.45) is 2.42. The van der Waals surface area contributed by atoms with Crippen molar-refractivity contribution in [2.45, 2.75) is 32.3 Å². The molecule has 0 spiro atoms. The lowest BCUT2D eigenvalue weighted by Gasteiger charge is -2.12. The molecular formula is C14H20N2O2. The lowest BCUT2D eigenvalue weighted by molar-refractivity contribution is 0.0944. The molecule has 1 aromatic rings. The molecule has 1 saturated carbocycles. The smallest absolute Gasteiger partial charge is 0.251 e. The minimum Gasteiger partial charge on any atom is -0.398 e. The van der Waals surface area contributed by atoms with Gasteiger partial charge >= 0.3 is 0 Å². The number of amides is 1. The van der Waals surface area contributed by atoms with Gasteiger partial charge in [0.2, 0.25) is 0 Å². The fourth-order valence-corrected chi connectivity index (χ4v) is 2.47. The third kappa shape index (κ3) is 2.82. The van der Waals surface area contributed by atoms with Crippen LogP contribution in [0.15, 0.2) is 18.2 Å². The molecule has 0 heterocycles. The molecule has 2 unspecified atom stereocenters. The molecule has 4 N–H and O–H groups in total. The zero-order chi connectivity index (χ0) is 13.1. The second-order valence-corrected chi connectivity index (χ2v) is 5.06. The van der Waals surface area contributed by atoms with Gasteiger partial charge in [-0.05, 0) is 49.8 Å². The Labute approximate surface area is 107 Å². The molecule has 0 saturated heterocycles. The maximum atomic E-state index is 12.0. The summed E-state index contributed by atoms with van der Waals surface area (Å²) in [5.74, 6) is 0.312. The normalized spacial score (nSPS) is 23.0. The van der Waals surface area contributed by atoms with Crippen molar-refractivity contribution in [3.63, 3.8) is 0 Å². The zero-order valence-electron chi connectivity index (χ0n) is 10.6. The number of carbonyl (C=O) groups is 1. The highest BCUT2D eigenvalue weighted by atomic mass is 16.3. The van der Waals surface area contributed by atoms with Crippen molar-refractivity contribution in [2.24, 2.45) is 5.92 Å². The number of aliphatic hydroxyl groups is 1. The Bertz CT molecular complexity index is 445. The number of rotatable bonds is 3. The van der Waals surface area contributed by atoms with Gasteiger partial charge in [0.25, 0.3) is 5.91 Å². The summed E-state index contributed by atoms with van der Waals surface area (Å²) >= 11 is 0. The fourth-order valence-electron chi connectivity index (χ4n) is 2.47. The van der Waals surface area contributed by atoms with Crippen LogP contribution in [-0.4, -0.2) is 23.7 Å². The molecule has 1 aliphatic rings. The number of anilines is 1. The van der Waals surface area contributed by atoms with Crippen molar-refractivity contribution in [3.05, 3.63) is 29.3 Å². The quantitative estimate of drug-likeness (QED) is 0.709. The molecule has 2 atom stereocenters. The van der Waals surface area contributed by atoms with Gasteiger partial charge in [0.1, 0.15) is 0 Å². The molecule has 0 aliphatic heterocycles. The third-order valence-corrected chi connectivity index (χ3v) is 3.69. The van der Waals surface area contributed by atoms with Gasteiger partial charge in [-0.3, -0.25) is 4.79 Å². The lowest BCUT2D eigenvalue weighted by Crippen LogP contribution is -2.29. The standard InChI is InChI=1S/C14H20N2O2/c1-9-12(3-2-4-13(9)15)14(18)16-8-10-5-6-11(17)7-10/h2-4,10-11,17H,5-8,15H2,1H3,(H,16,18). The van der Waals surface area contributed by atoms with Crippen LogP contribution in [0.3, 0.4) is 0 Å². The molecule has 0 bridgehead atoms. The first-order valence-electron chi connectivity index (χ1n) is 6.39. The Kier molecular flexibility index (Phi) is 3.87. The number of carbonyl (C=O) groups excluding carboxylic acids is 1. The maximum Gasteiger partial charge on any atom is 0.251 e. The summed E-state index contributed by atoms with van der Waals surface area (Å²) < 4.78 is 0. The zero-order valence-corrected chi connectivity index (χ0v) is 10.6. The van der Waals surface area contributed by atoms with Crippen LogP contribution in [0.4, 0.5) is 5.69 Å². The van der Waals surface area contributed by atoms with Gasteiger partial charge in [0.15, 0.2) is 0 Å². The number of aliphatic hydroxyl groups excluding tert-OH is 1. The highest BCUT2D eigenvalue weighted by Gasteiger charge is 2.23. The second-order valence-electron chi connectivity index (χ2n) is 5.06. The predicted molar refractivity (Wildman–Crippen MR) is 71.3 cm³/mol. The van der Waals surface area contributed by atoms with Crippen LogP contribution in [0.5, 0.6) is 0 Å². The number of hydrogen-bond acceptors (Lipinski definition) is 3. The minimum atomic E-state index is -0.194. The van der Waals surface area contributed by atoms with Gasteiger partial charge in [-0.2, -0.15) is 0 Å². The van der Waals surface area contributed by atoms with Gasteiger partial charge in [-0.25, -0.2) is 0 Å². The van der Waals surface area contributed by atoms with Gasteiger partial charge in [-0.15, -0.1) is 0 Å². The predicted octanol–water partition coefficient (Wildman–Crippen LogP) is 1.47. The largest absolute Gasteiger partial charge is 0.398 e. The second kappa shape index (κ2) is 5.40. The molecule has 0 aromatic heterocycles. The molecule has 1 aromatic carbocycles. The van der Waals surface area contributed by atoms with Crippen molar-refractivity contribution >= 4 is 11.6 Å². The fraction of sp³-hybridized carbons (Fsp3) is 0.500. The Hall–Kier alpha value is -1.55. The number of benzene rings is 1. The van der Waals surface area contributed by atoms with Crippen LogP contribution in [0.2, 0.25) is 0 Å². The van der Waals surface area contributed by atoms with Gasteiger partial charge in [-0.1, -0.05) is 6.07 Å². The summed E-state index contributed by atoms with van der Waals surface area (Å²) in [4.78, 5) is 12.0. The van der Waals surface area contributed by atoms with E-state index in [1.807, 2.05) is 6.92 Å². The highest BCUT2D eigenvalue weighted by Crippen LogP contribution is 2.24. The van der Waals surface area contributed by atoms with E-state index in [2.05, 4.69) is 5.32 Å². The molecule has 1 amide bonds. The van der Waals surface area contributed by atoms with E-state index in [4.69, 9.17) is 5.73 Å². The average molecular weight is 248 g/mol. The summed E-state index contributed by atoms with van der Waals surface area (Å²) in [5, 5.41) is 12.4.